The van der Waals surface area contributed by atoms with Gasteiger partial charge in [-0.05, 0) is 31.8 Å². The van der Waals surface area contributed by atoms with Crippen molar-refractivity contribution in [3.8, 4) is 0 Å². The van der Waals surface area contributed by atoms with Gasteiger partial charge in [-0.1, -0.05) is 19.8 Å². The third-order valence-electron chi connectivity index (χ3n) is 2.44. The van der Waals surface area contributed by atoms with Crippen molar-refractivity contribution < 1.29 is 9.90 Å². The average Bonchev–Trinajstić information content (AvgIpc) is 2.56. The van der Waals surface area contributed by atoms with E-state index in [0.717, 1.165) is 19.3 Å². The number of nitrogens with one attached hydrogen (secondary N) is 1. The molecule has 0 radical (unpaired) electrons. The minimum atomic E-state index is -0.906. The Balaban J connectivity index is 2.70. The molecule has 4 nitrogen and oxygen atoms in total. The summed E-state index contributed by atoms with van der Waals surface area (Å²) in [7, 11) is 0. The van der Waals surface area contributed by atoms with Crippen LogP contribution in [0.15, 0.2) is 0 Å². The fourth-order valence-corrected chi connectivity index (χ4v) is 2.43. The summed E-state index contributed by atoms with van der Waals surface area (Å²) in [5.74, 6) is -0.906. The van der Waals surface area contributed by atoms with Crippen molar-refractivity contribution in [3.63, 3.8) is 0 Å². The van der Waals surface area contributed by atoms with Crippen LogP contribution in [0.4, 0.5) is 5.00 Å². The van der Waals surface area contributed by atoms with Crippen LogP contribution in [0.2, 0.25) is 0 Å². The Morgan fingerprint density at radius 2 is 2.31 bits per heavy atom. The highest BCUT2D eigenvalue weighted by molar-refractivity contribution is 7.10. The molecule has 0 bridgehead atoms. The second kappa shape index (κ2) is 5.84. The number of rotatable bonds is 6. The Kier molecular flexibility index (Phi) is 4.73. The molecule has 1 aromatic rings. The number of aromatic nitrogens is 1. The second-order valence-electron chi connectivity index (χ2n) is 3.96. The normalized spacial score (nSPS) is 12.4. The molecule has 1 heterocycles. The summed E-state index contributed by atoms with van der Waals surface area (Å²) in [5.41, 5.74) is 0.899. The molecule has 0 spiro atoms. The molecular formula is C11H18N2O2S. The summed E-state index contributed by atoms with van der Waals surface area (Å²) in [4.78, 5) is 11.0. The van der Waals surface area contributed by atoms with E-state index in [9.17, 15) is 4.79 Å². The van der Waals surface area contributed by atoms with Crippen LogP contribution in [0.1, 0.15) is 49.2 Å². The fraction of sp³-hybridized carbons (Fsp3) is 0.636. The van der Waals surface area contributed by atoms with Gasteiger partial charge in [-0.25, -0.2) is 4.79 Å². The largest absolute Gasteiger partial charge is 0.478 e. The van der Waals surface area contributed by atoms with E-state index in [2.05, 4.69) is 23.5 Å². The van der Waals surface area contributed by atoms with Gasteiger partial charge in [-0.2, -0.15) is 4.37 Å². The summed E-state index contributed by atoms with van der Waals surface area (Å²) in [6.45, 7) is 5.93. The van der Waals surface area contributed by atoms with Crippen LogP contribution in [-0.2, 0) is 0 Å². The van der Waals surface area contributed by atoms with Gasteiger partial charge in [0.2, 0.25) is 0 Å². The van der Waals surface area contributed by atoms with Crippen molar-refractivity contribution in [3.05, 3.63) is 11.3 Å². The minimum absolute atomic E-state index is 0.290. The topological polar surface area (TPSA) is 62.2 Å². The number of unbranched alkanes of at least 4 members (excludes halogenated alkanes) is 1. The SMILES string of the molecule is CCCCC(C)Nc1snc(C)c1C(=O)O. The Hall–Kier alpha value is -1.10. The van der Waals surface area contributed by atoms with Crippen molar-refractivity contribution in [2.45, 2.75) is 46.1 Å². The smallest absolute Gasteiger partial charge is 0.340 e. The van der Waals surface area contributed by atoms with Crippen molar-refractivity contribution in [1.82, 2.24) is 4.37 Å². The second-order valence-corrected chi connectivity index (χ2v) is 4.74. The van der Waals surface area contributed by atoms with Gasteiger partial charge in [0.25, 0.3) is 0 Å². The maximum atomic E-state index is 11.0. The van der Waals surface area contributed by atoms with Gasteiger partial charge >= 0.3 is 5.97 Å². The third-order valence-corrected chi connectivity index (χ3v) is 3.31. The van der Waals surface area contributed by atoms with E-state index in [1.807, 2.05) is 0 Å². The molecular weight excluding hydrogens is 224 g/mol. The third kappa shape index (κ3) is 3.20. The van der Waals surface area contributed by atoms with Crippen LogP contribution in [0, 0.1) is 6.92 Å². The quantitative estimate of drug-likeness (QED) is 0.804. The van der Waals surface area contributed by atoms with Crippen molar-refractivity contribution in [2.75, 3.05) is 5.32 Å². The zero-order chi connectivity index (χ0) is 12.1. The van der Waals surface area contributed by atoms with Gasteiger partial charge in [0.05, 0.1) is 5.69 Å². The monoisotopic (exact) mass is 242 g/mol. The molecule has 2 N–H and O–H groups in total. The molecule has 0 aliphatic rings. The first-order valence-corrected chi connectivity index (χ1v) is 6.29. The molecule has 1 atom stereocenters. The summed E-state index contributed by atoms with van der Waals surface area (Å²) in [6, 6.07) is 0.290. The Bertz CT molecular complexity index is 363. The van der Waals surface area contributed by atoms with Crippen molar-refractivity contribution in [2.24, 2.45) is 0 Å². The summed E-state index contributed by atoms with van der Waals surface area (Å²) < 4.78 is 4.07. The molecule has 0 saturated heterocycles. The molecule has 1 aromatic heterocycles. The van der Waals surface area contributed by atoms with E-state index in [4.69, 9.17) is 5.11 Å². The van der Waals surface area contributed by atoms with Gasteiger partial charge in [0, 0.05) is 6.04 Å². The lowest BCUT2D eigenvalue weighted by Crippen LogP contribution is -2.16. The van der Waals surface area contributed by atoms with E-state index < -0.39 is 5.97 Å². The fourth-order valence-electron chi connectivity index (χ4n) is 1.53. The standard InChI is InChI=1S/C11H18N2O2S/c1-4-5-6-7(2)12-10-9(11(14)15)8(3)13-16-10/h7,12H,4-6H2,1-3H3,(H,14,15). The molecule has 0 fully saturated rings. The predicted molar refractivity (Wildman–Crippen MR) is 66.4 cm³/mol. The molecule has 90 valence electrons. The molecule has 1 unspecified atom stereocenters. The van der Waals surface area contributed by atoms with Crippen LogP contribution >= 0.6 is 11.5 Å². The number of hydrogen-bond acceptors (Lipinski definition) is 4. The van der Waals surface area contributed by atoms with Gasteiger partial charge in [0.15, 0.2) is 0 Å². The highest BCUT2D eigenvalue weighted by Crippen LogP contribution is 2.25. The highest BCUT2D eigenvalue weighted by Gasteiger charge is 2.18. The Morgan fingerprint density at radius 1 is 1.62 bits per heavy atom. The van der Waals surface area contributed by atoms with Crippen LogP contribution < -0.4 is 5.32 Å². The van der Waals surface area contributed by atoms with Gasteiger partial charge in [-0.15, -0.1) is 0 Å². The predicted octanol–water partition coefficient (Wildman–Crippen LogP) is 3.14. The van der Waals surface area contributed by atoms with Gasteiger partial charge < -0.3 is 10.4 Å². The zero-order valence-electron chi connectivity index (χ0n) is 9.91. The average molecular weight is 242 g/mol. The number of aromatic carboxylic acids is 1. The van der Waals surface area contributed by atoms with E-state index in [1.54, 1.807) is 6.92 Å². The number of nitrogens with zero attached hydrogens (tertiary/aromatic N) is 1. The molecule has 16 heavy (non-hydrogen) atoms. The van der Waals surface area contributed by atoms with E-state index >= 15 is 0 Å². The molecule has 0 aromatic carbocycles. The summed E-state index contributed by atoms with van der Waals surface area (Å²) >= 11 is 1.22. The maximum absolute atomic E-state index is 11.0. The van der Waals surface area contributed by atoms with E-state index in [0.29, 0.717) is 16.3 Å². The lowest BCUT2D eigenvalue weighted by atomic mass is 10.1. The van der Waals surface area contributed by atoms with Crippen LogP contribution in [0.25, 0.3) is 0 Å². The Labute approximate surface area is 99.9 Å². The maximum Gasteiger partial charge on any atom is 0.340 e. The number of carbonyl (C=O) groups is 1. The number of anilines is 1. The number of carboxylic acid groups (broad SMARTS) is 1. The Morgan fingerprint density at radius 3 is 2.88 bits per heavy atom. The van der Waals surface area contributed by atoms with Crippen LogP contribution in [0.3, 0.4) is 0 Å². The minimum Gasteiger partial charge on any atom is -0.478 e. The van der Waals surface area contributed by atoms with Crippen LogP contribution in [0.5, 0.6) is 0 Å². The molecule has 0 amide bonds. The summed E-state index contributed by atoms with van der Waals surface area (Å²) in [5, 5.41) is 12.9. The van der Waals surface area contributed by atoms with E-state index in [1.165, 1.54) is 11.5 Å². The lowest BCUT2D eigenvalue weighted by molar-refractivity contribution is 0.0697. The van der Waals surface area contributed by atoms with Crippen molar-refractivity contribution >= 4 is 22.5 Å². The first kappa shape index (κ1) is 13.0. The first-order chi connectivity index (χ1) is 7.56. The van der Waals surface area contributed by atoms with Crippen molar-refractivity contribution in [1.29, 1.82) is 0 Å². The zero-order valence-corrected chi connectivity index (χ0v) is 10.7. The number of aryl methyl sites for hydroxylation is 1. The van der Waals surface area contributed by atoms with Crippen LogP contribution in [-0.4, -0.2) is 21.5 Å². The highest BCUT2D eigenvalue weighted by atomic mass is 32.1. The lowest BCUT2D eigenvalue weighted by Gasteiger charge is -2.13. The molecule has 0 saturated carbocycles. The van der Waals surface area contributed by atoms with Gasteiger partial charge in [0.1, 0.15) is 10.6 Å². The molecule has 1 rings (SSSR count). The summed E-state index contributed by atoms with van der Waals surface area (Å²) in [6.07, 6.45) is 3.35. The first-order valence-electron chi connectivity index (χ1n) is 5.52. The number of carboxylic acids is 1. The van der Waals surface area contributed by atoms with E-state index in [-0.39, 0.29) is 6.04 Å². The molecule has 0 aliphatic carbocycles. The molecule has 5 heteroatoms. The number of hydrogen-bond donors (Lipinski definition) is 2. The molecule has 0 aliphatic heterocycles. The van der Waals surface area contributed by atoms with Gasteiger partial charge in [-0.3, -0.25) is 0 Å².